The van der Waals surface area contributed by atoms with Crippen molar-refractivity contribution < 1.29 is 5.11 Å². The van der Waals surface area contributed by atoms with Crippen LogP contribution in [0, 0.1) is 0 Å². The van der Waals surface area contributed by atoms with E-state index in [1.165, 1.54) is 0 Å². The van der Waals surface area contributed by atoms with E-state index in [4.69, 9.17) is 0 Å². The Morgan fingerprint density at radius 3 is 2.43 bits per heavy atom. The van der Waals surface area contributed by atoms with E-state index in [1.807, 2.05) is 57.2 Å². The van der Waals surface area contributed by atoms with E-state index in [0.717, 1.165) is 17.6 Å². The molecule has 0 aromatic heterocycles. The van der Waals surface area contributed by atoms with Crippen molar-refractivity contribution in [3.05, 3.63) is 41.5 Å². The molecule has 0 aliphatic heterocycles. The highest BCUT2D eigenvalue weighted by molar-refractivity contribution is 5.54. The third-order valence-corrected chi connectivity index (χ3v) is 2.72. The average molecular weight is 190 g/mol. The number of hydrogen-bond donors (Lipinski definition) is 1. The molecule has 1 aromatic carbocycles. The molecule has 0 aliphatic carbocycles. The molecule has 14 heavy (non-hydrogen) atoms. The Balaban J connectivity index is 2.89. The van der Waals surface area contributed by atoms with E-state index in [1.54, 1.807) is 0 Å². The van der Waals surface area contributed by atoms with E-state index in [9.17, 15) is 5.11 Å². The lowest BCUT2D eigenvalue weighted by molar-refractivity contribution is 0.0957. The summed E-state index contributed by atoms with van der Waals surface area (Å²) in [6.45, 7) is 5.81. The van der Waals surface area contributed by atoms with E-state index in [2.05, 4.69) is 0 Å². The van der Waals surface area contributed by atoms with Crippen LogP contribution in [0.4, 0.5) is 0 Å². The summed E-state index contributed by atoms with van der Waals surface area (Å²) < 4.78 is 0. The lowest BCUT2D eigenvalue weighted by Crippen LogP contribution is -2.23. The maximum absolute atomic E-state index is 9.98. The summed E-state index contributed by atoms with van der Waals surface area (Å²) in [6.07, 6.45) is 2.77. The maximum Gasteiger partial charge on any atom is 0.0826 e. The first kappa shape index (κ1) is 11.0. The van der Waals surface area contributed by atoms with Crippen molar-refractivity contribution >= 4 is 6.08 Å². The van der Waals surface area contributed by atoms with Crippen LogP contribution in [0.5, 0.6) is 0 Å². The number of aliphatic hydroxyl groups is 1. The van der Waals surface area contributed by atoms with Crippen molar-refractivity contribution in [1.29, 1.82) is 0 Å². The highest BCUT2D eigenvalue weighted by atomic mass is 16.3. The van der Waals surface area contributed by atoms with Gasteiger partial charge in [0.25, 0.3) is 0 Å². The molecule has 0 aliphatic rings. The van der Waals surface area contributed by atoms with Gasteiger partial charge in [0.15, 0.2) is 0 Å². The molecule has 1 heteroatoms. The normalized spacial score (nSPS) is 16.4. The molecule has 0 heterocycles. The SMILES string of the molecule is CCC(C)(O)/C(C)=C/c1ccccc1. The molecule has 1 aromatic rings. The van der Waals surface area contributed by atoms with Crippen LogP contribution in [0.15, 0.2) is 35.9 Å². The van der Waals surface area contributed by atoms with Crippen molar-refractivity contribution in [2.45, 2.75) is 32.8 Å². The summed E-state index contributed by atoms with van der Waals surface area (Å²) in [7, 11) is 0. The van der Waals surface area contributed by atoms with Crippen LogP contribution in [-0.2, 0) is 0 Å². The fourth-order valence-electron chi connectivity index (χ4n) is 1.23. The summed E-state index contributed by atoms with van der Waals surface area (Å²) in [5.74, 6) is 0. The lowest BCUT2D eigenvalue weighted by atomic mass is 9.93. The minimum atomic E-state index is -0.685. The second kappa shape index (κ2) is 4.43. The average Bonchev–Trinajstić information content (AvgIpc) is 2.19. The molecule has 1 N–H and O–H groups in total. The van der Waals surface area contributed by atoms with Gasteiger partial charge < -0.3 is 5.11 Å². The third kappa shape index (κ3) is 2.71. The van der Waals surface area contributed by atoms with Gasteiger partial charge in [-0.15, -0.1) is 0 Å². The van der Waals surface area contributed by atoms with Crippen LogP contribution in [0.25, 0.3) is 6.08 Å². The van der Waals surface area contributed by atoms with Gasteiger partial charge in [-0.1, -0.05) is 43.3 Å². The highest BCUT2D eigenvalue weighted by Crippen LogP contribution is 2.21. The van der Waals surface area contributed by atoms with Gasteiger partial charge in [-0.2, -0.15) is 0 Å². The Labute approximate surface area is 86.1 Å². The molecule has 1 rings (SSSR count). The molecule has 1 nitrogen and oxygen atoms in total. The first-order valence-corrected chi connectivity index (χ1v) is 5.02. The quantitative estimate of drug-likeness (QED) is 0.775. The Morgan fingerprint density at radius 2 is 1.93 bits per heavy atom. The molecule has 0 saturated heterocycles. The predicted molar refractivity (Wildman–Crippen MR) is 61.0 cm³/mol. The van der Waals surface area contributed by atoms with Gasteiger partial charge in [-0.05, 0) is 31.4 Å². The Morgan fingerprint density at radius 1 is 1.36 bits per heavy atom. The van der Waals surface area contributed by atoms with Gasteiger partial charge in [0.05, 0.1) is 5.60 Å². The molecule has 0 bridgehead atoms. The van der Waals surface area contributed by atoms with Gasteiger partial charge in [-0.25, -0.2) is 0 Å². The summed E-state index contributed by atoms with van der Waals surface area (Å²) in [4.78, 5) is 0. The van der Waals surface area contributed by atoms with E-state index in [-0.39, 0.29) is 0 Å². The molecule has 1 atom stereocenters. The van der Waals surface area contributed by atoms with Crippen LogP contribution in [0.3, 0.4) is 0 Å². The Bertz CT molecular complexity index is 309. The monoisotopic (exact) mass is 190 g/mol. The first-order valence-electron chi connectivity index (χ1n) is 5.02. The predicted octanol–water partition coefficient (Wildman–Crippen LogP) is 3.25. The van der Waals surface area contributed by atoms with Crippen molar-refractivity contribution in [2.75, 3.05) is 0 Å². The molecule has 0 saturated carbocycles. The molecule has 0 fully saturated rings. The first-order chi connectivity index (χ1) is 6.56. The van der Waals surface area contributed by atoms with Crippen molar-refractivity contribution in [2.24, 2.45) is 0 Å². The minimum Gasteiger partial charge on any atom is -0.386 e. The fraction of sp³-hybridized carbons (Fsp3) is 0.385. The maximum atomic E-state index is 9.98. The summed E-state index contributed by atoms with van der Waals surface area (Å²) >= 11 is 0. The number of hydrogen-bond acceptors (Lipinski definition) is 1. The van der Waals surface area contributed by atoms with Crippen molar-refractivity contribution in [1.82, 2.24) is 0 Å². The summed E-state index contributed by atoms with van der Waals surface area (Å²) in [5, 5.41) is 9.98. The van der Waals surface area contributed by atoms with Crippen LogP contribution in [0.1, 0.15) is 32.8 Å². The van der Waals surface area contributed by atoms with Crippen molar-refractivity contribution in [3.8, 4) is 0 Å². The van der Waals surface area contributed by atoms with Gasteiger partial charge in [-0.3, -0.25) is 0 Å². The third-order valence-electron chi connectivity index (χ3n) is 2.72. The standard InChI is InChI=1S/C13H18O/c1-4-13(3,14)11(2)10-12-8-6-5-7-9-12/h5-10,14H,4H2,1-3H3/b11-10+. The second-order valence-corrected chi connectivity index (χ2v) is 3.87. The van der Waals surface area contributed by atoms with Gasteiger partial charge >= 0.3 is 0 Å². The molecule has 0 spiro atoms. The molecule has 1 unspecified atom stereocenters. The number of benzene rings is 1. The largest absolute Gasteiger partial charge is 0.386 e. The fourth-order valence-corrected chi connectivity index (χ4v) is 1.23. The topological polar surface area (TPSA) is 20.2 Å². The molecular weight excluding hydrogens is 172 g/mol. The zero-order valence-electron chi connectivity index (χ0n) is 9.12. The van der Waals surface area contributed by atoms with Crippen LogP contribution in [0.2, 0.25) is 0 Å². The van der Waals surface area contributed by atoms with Crippen molar-refractivity contribution in [3.63, 3.8) is 0 Å². The molecule has 76 valence electrons. The van der Waals surface area contributed by atoms with Crippen LogP contribution < -0.4 is 0 Å². The smallest absolute Gasteiger partial charge is 0.0826 e. The summed E-state index contributed by atoms with van der Waals surface area (Å²) in [5.41, 5.74) is 1.46. The Hall–Kier alpha value is -1.08. The van der Waals surface area contributed by atoms with Crippen LogP contribution >= 0.6 is 0 Å². The Kier molecular flexibility index (Phi) is 3.48. The van der Waals surface area contributed by atoms with E-state index in [0.29, 0.717) is 0 Å². The van der Waals surface area contributed by atoms with Gasteiger partial charge in [0, 0.05) is 0 Å². The molecule has 0 amide bonds. The van der Waals surface area contributed by atoms with E-state index >= 15 is 0 Å². The van der Waals surface area contributed by atoms with Gasteiger partial charge in [0.1, 0.15) is 0 Å². The van der Waals surface area contributed by atoms with E-state index < -0.39 is 5.60 Å². The minimum absolute atomic E-state index is 0.685. The zero-order valence-corrected chi connectivity index (χ0v) is 9.12. The molecule has 0 radical (unpaired) electrons. The summed E-state index contributed by atoms with van der Waals surface area (Å²) in [6, 6.07) is 10.1. The lowest BCUT2D eigenvalue weighted by Gasteiger charge is -2.22. The van der Waals surface area contributed by atoms with Gasteiger partial charge in [0.2, 0.25) is 0 Å². The zero-order chi connectivity index (χ0) is 10.6. The number of rotatable bonds is 3. The second-order valence-electron chi connectivity index (χ2n) is 3.87. The highest BCUT2D eigenvalue weighted by Gasteiger charge is 2.19. The molecular formula is C13H18O. The van der Waals surface area contributed by atoms with Crippen LogP contribution in [-0.4, -0.2) is 10.7 Å².